The van der Waals surface area contributed by atoms with Crippen LogP contribution in [0.25, 0.3) is 0 Å². The lowest BCUT2D eigenvalue weighted by Crippen LogP contribution is -2.62. The maximum atomic E-state index is 6.12. The number of hydrogen-bond acceptors (Lipinski definition) is 6. The van der Waals surface area contributed by atoms with E-state index in [0.29, 0.717) is 30.4 Å². The second-order valence-electron chi connectivity index (χ2n) is 9.91. The lowest BCUT2D eigenvalue weighted by atomic mass is 9.91. The van der Waals surface area contributed by atoms with Crippen LogP contribution in [-0.4, -0.2) is 77.7 Å². The van der Waals surface area contributed by atoms with Crippen LogP contribution in [0.3, 0.4) is 0 Å². The van der Waals surface area contributed by atoms with Gasteiger partial charge in [0.2, 0.25) is 0 Å². The molecule has 0 aliphatic carbocycles. The van der Waals surface area contributed by atoms with Crippen molar-refractivity contribution in [3.63, 3.8) is 0 Å². The van der Waals surface area contributed by atoms with Gasteiger partial charge in [0.15, 0.2) is 0 Å². The summed E-state index contributed by atoms with van der Waals surface area (Å²) in [5, 5.41) is 9.12. The summed E-state index contributed by atoms with van der Waals surface area (Å²) in [6.07, 6.45) is 5.39. The molecule has 4 rings (SSSR count). The minimum atomic E-state index is 0.536. The van der Waals surface area contributed by atoms with Gasteiger partial charge < -0.3 is 15.5 Å². The number of benzene rings is 1. The van der Waals surface area contributed by atoms with Gasteiger partial charge in [-0.1, -0.05) is 37.6 Å². The largest absolute Gasteiger partial charge is 0.385 e. The number of halogens is 1. The van der Waals surface area contributed by atoms with Gasteiger partial charge in [-0.25, -0.2) is 0 Å². The fraction of sp³-hybridized carbons (Fsp3) is 0.667. The summed E-state index contributed by atoms with van der Waals surface area (Å²) in [6.45, 7) is 9.05. The van der Waals surface area contributed by atoms with E-state index in [1.54, 1.807) is 0 Å². The van der Waals surface area contributed by atoms with Crippen LogP contribution in [0.5, 0.6) is 0 Å². The second-order valence-corrected chi connectivity index (χ2v) is 10.3. The Morgan fingerprint density at radius 3 is 2.39 bits per heavy atom. The van der Waals surface area contributed by atoms with Gasteiger partial charge in [0.05, 0.1) is 6.42 Å². The lowest BCUT2D eigenvalue weighted by molar-refractivity contribution is -0.00607. The Labute approximate surface area is 192 Å². The molecule has 0 aromatic heterocycles. The van der Waals surface area contributed by atoms with Crippen LogP contribution in [0.15, 0.2) is 34.5 Å². The van der Waals surface area contributed by atoms with Crippen molar-refractivity contribution < 1.29 is 0 Å². The van der Waals surface area contributed by atoms with Crippen molar-refractivity contribution in [3.8, 4) is 0 Å². The summed E-state index contributed by atoms with van der Waals surface area (Å²) in [4.78, 5) is 7.82. The van der Waals surface area contributed by atoms with E-state index in [2.05, 4.69) is 57.9 Å². The fourth-order valence-corrected chi connectivity index (χ4v) is 5.55. The molecule has 1 aromatic rings. The first-order valence-corrected chi connectivity index (χ1v) is 12.1. The molecule has 3 aliphatic heterocycles. The average molecular weight is 445 g/mol. The molecule has 0 spiro atoms. The Bertz CT molecular complexity index is 797. The maximum absolute atomic E-state index is 6.12. The molecule has 2 N–H and O–H groups in total. The van der Waals surface area contributed by atoms with E-state index < -0.39 is 0 Å². The maximum Gasteiger partial charge on any atom is 0.135 e. The molecule has 0 saturated carbocycles. The van der Waals surface area contributed by atoms with Crippen molar-refractivity contribution in [1.82, 2.24) is 14.7 Å². The number of rotatable bonds is 5. The van der Waals surface area contributed by atoms with Gasteiger partial charge in [0.25, 0.3) is 0 Å². The normalized spacial score (nSPS) is 26.4. The number of piperidine rings is 1. The summed E-state index contributed by atoms with van der Waals surface area (Å²) < 4.78 is 0. The molecule has 31 heavy (non-hydrogen) atoms. The lowest BCUT2D eigenvalue weighted by Gasteiger charge is -2.50. The standard InChI is InChI=1S/C24H37ClN6/c1-17(2)12-21-16-31(20-8-10-30(11-9-20)24-14-23(26)27-28-24)22(15-29(21)3)13-18-4-6-19(25)7-5-18/h4-7,17,20-22H,8-16H2,1-3H3,(H2,26,27)/t21-,22?/m0/s1. The van der Waals surface area contributed by atoms with E-state index >= 15 is 0 Å². The first-order valence-electron chi connectivity index (χ1n) is 11.7. The second kappa shape index (κ2) is 9.88. The van der Waals surface area contributed by atoms with E-state index in [0.717, 1.165) is 49.4 Å². The van der Waals surface area contributed by atoms with E-state index in [1.165, 1.54) is 24.8 Å². The molecule has 0 bridgehead atoms. The van der Waals surface area contributed by atoms with Gasteiger partial charge in [-0.3, -0.25) is 4.90 Å². The highest BCUT2D eigenvalue weighted by atomic mass is 35.5. The zero-order valence-electron chi connectivity index (χ0n) is 19.2. The molecule has 2 saturated heterocycles. The van der Waals surface area contributed by atoms with E-state index in [4.69, 9.17) is 17.3 Å². The zero-order chi connectivity index (χ0) is 22.0. The molecule has 0 radical (unpaired) electrons. The molecule has 1 aromatic carbocycles. The zero-order valence-corrected chi connectivity index (χ0v) is 19.9. The highest BCUT2D eigenvalue weighted by molar-refractivity contribution is 6.30. The van der Waals surface area contributed by atoms with E-state index in [-0.39, 0.29) is 0 Å². The van der Waals surface area contributed by atoms with Crippen LogP contribution in [0.4, 0.5) is 0 Å². The highest BCUT2D eigenvalue weighted by Gasteiger charge is 2.37. The number of amidine groups is 2. The van der Waals surface area contributed by atoms with E-state index in [9.17, 15) is 0 Å². The third-order valence-electron chi connectivity index (χ3n) is 7.07. The van der Waals surface area contributed by atoms with Gasteiger partial charge in [0.1, 0.15) is 11.7 Å². The number of hydrogen-bond donors (Lipinski definition) is 1. The van der Waals surface area contributed by atoms with Crippen molar-refractivity contribution in [2.45, 2.75) is 64.1 Å². The average Bonchev–Trinajstić information content (AvgIpc) is 3.18. The van der Waals surface area contributed by atoms with Crippen LogP contribution in [0.1, 0.15) is 45.1 Å². The number of nitrogens with two attached hydrogens (primary N) is 1. The molecule has 7 heteroatoms. The molecule has 170 valence electrons. The summed E-state index contributed by atoms with van der Waals surface area (Å²) in [5.74, 6) is 2.40. The Morgan fingerprint density at radius 2 is 1.77 bits per heavy atom. The van der Waals surface area contributed by atoms with Gasteiger partial charge in [-0.15, -0.1) is 10.2 Å². The van der Waals surface area contributed by atoms with Crippen molar-refractivity contribution >= 4 is 23.3 Å². The van der Waals surface area contributed by atoms with Crippen LogP contribution in [0.2, 0.25) is 5.02 Å². The van der Waals surface area contributed by atoms with Crippen LogP contribution in [-0.2, 0) is 6.42 Å². The van der Waals surface area contributed by atoms with Crippen LogP contribution >= 0.6 is 11.6 Å². The fourth-order valence-electron chi connectivity index (χ4n) is 5.42. The first kappa shape index (κ1) is 22.6. The van der Waals surface area contributed by atoms with E-state index in [1.807, 2.05) is 12.1 Å². The molecule has 0 amide bonds. The predicted octanol–water partition coefficient (Wildman–Crippen LogP) is 3.45. The van der Waals surface area contributed by atoms with Gasteiger partial charge in [0, 0.05) is 49.3 Å². The molecule has 6 nitrogen and oxygen atoms in total. The summed E-state index contributed by atoms with van der Waals surface area (Å²) in [6, 6.07) is 10.2. The Balaban J connectivity index is 1.44. The smallest absolute Gasteiger partial charge is 0.135 e. The Kier molecular flexibility index (Phi) is 7.19. The van der Waals surface area contributed by atoms with Crippen LogP contribution in [0, 0.1) is 5.92 Å². The van der Waals surface area contributed by atoms with Gasteiger partial charge >= 0.3 is 0 Å². The number of nitrogens with zero attached hydrogens (tertiary/aromatic N) is 5. The third-order valence-corrected chi connectivity index (χ3v) is 7.32. The van der Waals surface area contributed by atoms with Gasteiger partial charge in [-0.2, -0.15) is 0 Å². The minimum Gasteiger partial charge on any atom is -0.385 e. The Hall–Kier alpha value is -1.63. The SMILES string of the molecule is CC(C)C[C@H]1CN(C2CCN(C3=NN=C(N)C3)CC2)C(Cc2ccc(Cl)cc2)CN1C. The predicted molar refractivity (Wildman–Crippen MR) is 130 cm³/mol. The summed E-state index contributed by atoms with van der Waals surface area (Å²) in [5.41, 5.74) is 7.21. The molecule has 2 atom stereocenters. The topological polar surface area (TPSA) is 60.5 Å². The Morgan fingerprint density at radius 1 is 1.06 bits per heavy atom. The molecule has 3 heterocycles. The van der Waals surface area contributed by atoms with Crippen molar-refractivity contribution in [1.29, 1.82) is 0 Å². The molecule has 1 unspecified atom stereocenters. The van der Waals surface area contributed by atoms with Crippen LogP contribution < -0.4 is 5.73 Å². The monoisotopic (exact) mass is 444 g/mol. The molecule has 3 aliphatic rings. The van der Waals surface area contributed by atoms with Crippen molar-refractivity contribution in [2.75, 3.05) is 33.2 Å². The van der Waals surface area contributed by atoms with Crippen molar-refractivity contribution in [3.05, 3.63) is 34.9 Å². The number of likely N-dealkylation sites (N-methyl/N-ethyl adjacent to an activating group) is 1. The summed E-state index contributed by atoms with van der Waals surface area (Å²) >= 11 is 6.12. The summed E-state index contributed by atoms with van der Waals surface area (Å²) in [7, 11) is 2.31. The molecular weight excluding hydrogens is 408 g/mol. The molecular formula is C24H37ClN6. The highest BCUT2D eigenvalue weighted by Crippen LogP contribution is 2.28. The molecule has 2 fully saturated rings. The number of likely N-dealkylation sites (tertiary alicyclic amines) is 1. The van der Waals surface area contributed by atoms with Gasteiger partial charge in [-0.05, 0) is 56.3 Å². The third kappa shape index (κ3) is 5.60. The first-order chi connectivity index (χ1) is 14.9. The van der Waals surface area contributed by atoms with Crippen molar-refractivity contribution in [2.24, 2.45) is 21.9 Å². The quantitative estimate of drug-likeness (QED) is 0.755. The number of piperazine rings is 1. The minimum absolute atomic E-state index is 0.536.